The van der Waals surface area contributed by atoms with E-state index in [0.29, 0.717) is 0 Å². The van der Waals surface area contributed by atoms with Crippen LogP contribution in [0.4, 0.5) is 5.82 Å². The third kappa shape index (κ3) is 3.30. The van der Waals surface area contributed by atoms with E-state index in [4.69, 9.17) is 10.2 Å². The Morgan fingerprint density at radius 1 is 1.53 bits per heavy atom. The molecule has 8 heteroatoms. The Morgan fingerprint density at radius 2 is 2.18 bits per heavy atom. The van der Waals surface area contributed by atoms with E-state index < -0.39 is 30.0 Å². The summed E-state index contributed by atoms with van der Waals surface area (Å²) in [5.74, 6) is -2.83. The summed E-state index contributed by atoms with van der Waals surface area (Å²) in [6.45, 7) is 0. The van der Waals surface area contributed by atoms with Gasteiger partial charge < -0.3 is 20.1 Å². The van der Waals surface area contributed by atoms with Gasteiger partial charge in [-0.2, -0.15) is 0 Å². The second-order valence-corrected chi connectivity index (χ2v) is 3.32. The minimum Gasteiger partial charge on any atom is -0.481 e. The molecule has 1 unspecified atom stereocenters. The van der Waals surface area contributed by atoms with Crippen molar-refractivity contribution in [3.63, 3.8) is 0 Å². The number of nitrogens with one attached hydrogen (secondary N) is 1. The van der Waals surface area contributed by atoms with Gasteiger partial charge in [-0.05, 0) is 0 Å². The van der Waals surface area contributed by atoms with Gasteiger partial charge in [0, 0.05) is 19.4 Å². The average Bonchev–Trinajstić information content (AvgIpc) is 2.22. The van der Waals surface area contributed by atoms with Gasteiger partial charge in [0.05, 0.1) is 6.42 Å². The second kappa shape index (κ2) is 5.10. The zero-order valence-electron chi connectivity index (χ0n) is 8.95. The Morgan fingerprint density at radius 3 is 2.71 bits per heavy atom. The zero-order chi connectivity index (χ0) is 13.0. The van der Waals surface area contributed by atoms with Crippen molar-refractivity contribution in [3.8, 4) is 0 Å². The lowest BCUT2D eigenvalue weighted by Crippen LogP contribution is -2.35. The molecule has 0 fully saturated rings. The Kier molecular flexibility index (Phi) is 3.81. The van der Waals surface area contributed by atoms with Crippen LogP contribution in [0.2, 0.25) is 0 Å². The van der Waals surface area contributed by atoms with Crippen molar-refractivity contribution >= 4 is 17.8 Å². The summed E-state index contributed by atoms with van der Waals surface area (Å²) >= 11 is 0. The SMILES string of the molecule is Cn1ccnc(NC(CC(=O)O)C(=O)O)c1=O. The van der Waals surface area contributed by atoms with E-state index in [1.165, 1.54) is 24.0 Å². The van der Waals surface area contributed by atoms with Crippen LogP contribution in [0.25, 0.3) is 0 Å². The fourth-order valence-corrected chi connectivity index (χ4v) is 1.14. The quantitative estimate of drug-likeness (QED) is 0.611. The first kappa shape index (κ1) is 12.7. The molecule has 1 rings (SSSR count). The average molecular weight is 241 g/mol. The van der Waals surface area contributed by atoms with Gasteiger partial charge >= 0.3 is 11.9 Å². The monoisotopic (exact) mass is 241 g/mol. The Bertz CT molecular complexity index is 496. The molecule has 1 aromatic heterocycles. The molecular weight excluding hydrogens is 230 g/mol. The molecule has 92 valence electrons. The molecular formula is C9H11N3O5. The maximum Gasteiger partial charge on any atom is 0.326 e. The predicted molar refractivity (Wildman–Crippen MR) is 56.8 cm³/mol. The van der Waals surface area contributed by atoms with Crippen LogP contribution in [0, 0.1) is 0 Å². The molecule has 1 atom stereocenters. The number of rotatable bonds is 5. The number of carboxylic acid groups (broad SMARTS) is 2. The second-order valence-electron chi connectivity index (χ2n) is 3.32. The number of aryl methyl sites for hydroxylation is 1. The summed E-state index contributed by atoms with van der Waals surface area (Å²) in [4.78, 5) is 36.4. The molecule has 0 aliphatic carbocycles. The molecule has 0 amide bonds. The Hall–Kier alpha value is -2.38. The van der Waals surface area contributed by atoms with Crippen molar-refractivity contribution in [1.82, 2.24) is 9.55 Å². The van der Waals surface area contributed by atoms with Crippen LogP contribution in [-0.2, 0) is 16.6 Å². The van der Waals surface area contributed by atoms with Gasteiger partial charge in [0.1, 0.15) is 6.04 Å². The molecule has 0 aromatic carbocycles. The predicted octanol–water partition coefficient (Wildman–Crippen LogP) is -0.880. The third-order valence-corrected chi connectivity index (χ3v) is 2.00. The highest BCUT2D eigenvalue weighted by Crippen LogP contribution is 2.01. The number of aromatic nitrogens is 2. The molecule has 0 saturated heterocycles. The zero-order valence-corrected chi connectivity index (χ0v) is 8.95. The van der Waals surface area contributed by atoms with Crippen LogP contribution in [0.3, 0.4) is 0 Å². The Balaban J connectivity index is 2.94. The fraction of sp³-hybridized carbons (Fsp3) is 0.333. The maximum absolute atomic E-state index is 11.5. The number of aliphatic carboxylic acids is 2. The van der Waals surface area contributed by atoms with Crippen molar-refractivity contribution in [1.29, 1.82) is 0 Å². The van der Waals surface area contributed by atoms with Crippen molar-refractivity contribution in [2.45, 2.75) is 12.5 Å². The van der Waals surface area contributed by atoms with E-state index in [1.807, 2.05) is 0 Å². The lowest BCUT2D eigenvalue weighted by molar-refractivity contribution is -0.144. The Labute approximate surface area is 95.5 Å². The standard InChI is InChI=1S/C9H11N3O5/c1-12-3-2-10-7(8(12)15)11-5(9(16)17)4-6(13)14/h2-3,5H,4H2,1H3,(H,10,11)(H,13,14)(H,16,17). The van der Waals surface area contributed by atoms with E-state index in [0.717, 1.165) is 0 Å². The number of anilines is 1. The largest absolute Gasteiger partial charge is 0.481 e. The van der Waals surface area contributed by atoms with Gasteiger partial charge in [-0.15, -0.1) is 0 Å². The summed E-state index contributed by atoms with van der Waals surface area (Å²) in [5, 5.41) is 19.6. The van der Waals surface area contributed by atoms with Gasteiger partial charge in [0.25, 0.3) is 5.56 Å². The normalized spacial score (nSPS) is 11.8. The molecule has 1 aromatic rings. The lowest BCUT2D eigenvalue weighted by atomic mass is 10.2. The van der Waals surface area contributed by atoms with Gasteiger partial charge in [0.2, 0.25) is 0 Å². The van der Waals surface area contributed by atoms with Crippen molar-refractivity contribution in [3.05, 3.63) is 22.7 Å². The molecule has 0 spiro atoms. The first-order valence-electron chi connectivity index (χ1n) is 4.64. The first-order chi connectivity index (χ1) is 7.91. The highest BCUT2D eigenvalue weighted by atomic mass is 16.4. The van der Waals surface area contributed by atoms with E-state index in [2.05, 4.69) is 10.3 Å². The van der Waals surface area contributed by atoms with Crippen molar-refractivity contribution in [2.75, 3.05) is 5.32 Å². The van der Waals surface area contributed by atoms with Gasteiger partial charge in [-0.25, -0.2) is 9.78 Å². The van der Waals surface area contributed by atoms with E-state index in [-0.39, 0.29) is 5.82 Å². The number of nitrogens with zero attached hydrogens (tertiary/aromatic N) is 2. The highest BCUT2D eigenvalue weighted by Gasteiger charge is 2.22. The topological polar surface area (TPSA) is 122 Å². The van der Waals surface area contributed by atoms with Crippen LogP contribution in [0.5, 0.6) is 0 Å². The summed E-state index contributed by atoms with van der Waals surface area (Å²) < 4.78 is 1.20. The minimum atomic E-state index is -1.39. The summed E-state index contributed by atoms with van der Waals surface area (Å²) in [5.41, 5.74) is -0.524. The van der Waals surface area contributed by atoms with Gasteiger partial charge in [0.15, 0.2) is 5.82 Å². The van der Waals surface area contributed by atoms with Crippen molar-refractivity contribution < 1.29 is 19.8 Å². The summed E-state index contributed by atoms with van der Waals surface area (Å²) in [6, 6.07) is -1.39. The molecule has 0 aliphatic rings. The van der Waals surface area contributed by atoms with Crippen LogP contribution in [0.15, 0.2) is 17.2 Å². The van der Waals surface area contributed by atoms with Crippen LogP contribution in [-0.4, -0.2) is 37.7 Å². The van der Waals surface area contributed by atoms with Crippen LogP contribution < -0.4 is 10.9 Å². The number of hydrogen-bond acceptors (Lipinski definition) is 5. The van der Waals surface area contributed by atoms with E-state index >= 15 is 0 Å². The van der Waals surface area contributed by atoms with Crippen LogP contribution in [0.1, 0.15) is 6.42 Å². The highest BCUT2D eigenvalue weighted by molar-refractivity contribution is 5.83. The molecule has 0 aliphatic heterocycles. The number of carbonyl (C=O) groups is 2. The first-order valence-corrected chi connectivity index (χ1v) is 4.64. The fourth-order valence-electron chi connectivity index (χ4n) is 1.14. The van der Waals surface area contributed by atoms with Gasteiger partial charge in [-0.3, -0.25) is 9.59 Å². The molecule has 0 bridgehead atoms. The molecule has 3 N–H and O–H groups in total. The summed E-state index contributed by atoms with van der Waals surface area (Å²) in [6.07, 6.45) is 2.07. The number of hydrogen-bond donors (Lipinski definition) is 3. The molecule has 17 heavy (non-hydrogen) atoms. The minimum absolute atomic E-state index is 0.191. The lowest BCUT2D eigenvalue weighted by Gasteiger charge is -2.12. The van der Waals surface area contributed by atoms with Crippen LogP contribution >= 0.6 is 0 Å². The molecule has 0 saturated carbocycles. The number of carboxylic acids is 2. The molecule has 0 radical (unpaired) electrons. The molecule has 8 nitrogen and oxygen atoms in total. The maximum atomic E-state index is 11.5. The van der Waals surface area contributed by atoms with Gasteiger partial charge in [-0.1, -0.05) is 0 Å². The smallest absolute Gasteiger partial charge is 0.326 e. The summed E-state index contributed by atoms with van der Waals surface area (Å²) in [7, 11) is 1.47. The third-order valence-electron chi connectivity index (χ3n) is 2.00. The van der Waals surface area contributed by atoms with E-state index in [9.17, 15) is 14.4 Å². The molecule has 1 heterocycles. The van der Waals surface area contributed by atoms with Crippen molar-refractivity contribution in [2.24, 2.45) is 7.05 Å². The van der Waals surface area contributed by atoms with E-state index in [1.54, 1.807) is 0 Å².